The standard InChI is InChI=1S/C17H14ClN7O3S/c1-25-14-7-2-11(18)8-10(14)9-15(25)16(26)19-12-3-5-13(6-4-12)29(27,28)22-17-20-23-24-21-17/h2-9H,1H3,(H,19,26)(H2,20,21,22,23,24). The third-order valence-electron chi connectivity index (χ3n) is 4.23. The lowest BCUT2D eigenvalue weighted by Gasteiger charge is -2.08. The number of nitrogens with zero attached hydrogens (tertiary/aromatic N) is 4. The van der Waals surface area contributed by atoms with Crippen molar-refractivity contribution in [3.05, 3.63) is 59.2 Å². The Kier molecular flexibility index (Phi) is 4.68. The largest absolute Gasteiger partial charge is 0.340 e. The monoisotopic (exact) mass is 431 g/mol. The Morgan fingerprint density at radius 1 is 1.14 bits per heavy atom. The first-order chi connectivity index (χ1) is 13.8. The molecule has 0 aliphatic carbocycles. The molecule has 12 heteroatoms. The molecule has 2 aromatic heterocycles. The van der Waals surface area contributed by atoms with Crippen molar-refractivity contribution < 1.29 is 13.2 Å². The number of fused-ring (bicyclic) bond motifs is 1. The molecule has 2 aromatic carbocycles. The average Bonchev–Trinajstić information content (AvgIpc) is 3.29. The lowest BCUT2D eigenvalue weighted by atomic mass is 10.2. The van der Waals surface area contributed by atoms with Gasteiger partial charge in [-0.05, 0) is 53.7 Å². The second-order valence-electron chi connectivity index (χ2n) is 6.11. The van der Waals surface area contributed by atoms with E-state index < -0.39 is 10.0 Å². The fourth-order valence-corrected chi connectivity index (χ4v) is 3.95. The Hall–Kier alpha value is -3.44. The van der Waals surface area contributed by atoms with E-state index >= 15 is 0 Å². The molecule has 4 aromatic rings. The van der Waals surface area contributed by atoms with Gasteiger partial charge in [-0.15, -0.1) is 5.10 Å². The van der Waals surface area contributed by atoms with E-state index in [0.29, 0.717) is 16.4 Å². The Balaban J connectivity index is 1.53. The van der Waals surface area contributed by atoms with Gasteiger partial charge in [-0.25, -0.2) is 13.1 Å². The number of amides is 1. The van der Waals surface area contributed by atoms with E-state index in [1.54, 1.807) is 29.8 Å². The zero-order chi connectivity index (χ0) is 20.6. The first-order valence-corrected chi connectivity index (χ1v) is 10.1. The lowest BCUT2D eigenvalue weighted by Crippen LogP contribution is -2.16. The molecule has 4 rings (SSSR count). The smallest absolute Gasteiger partial charge is 0.276 e. The Morgan fingerprint density at radius 3 is 2.59 bits per heavy atom. The summed E-state index contributed by atoms with van der Waals surface area (Å²) in [7, 11) is -2.09. The molecule has 10 nitrogen and oxygen atoms in total. The van der Waals surface area contributed by atoms with Gasteiger partial charge in [0, 0.05) is 28.7 Å². The van der Waals surface area contributed by atoms with Crippen molar-refractivity contribution in [2.24, 2.45) is 7.05 Å². The molecule has 0 saturated carbocycles. The van der Waals surface area contributed by atoms with Crippen molar-refractivity contribution in [2.75, 3.05) is 10.0 Å². The molecule has 0 fully saturated rings. The molecular weight excluding hydrogens is 418 g/mol. The number of H-pyrrole nitrogens is 1. The number of aryl methyl sites for hydroxylation is 1. The van der Waals surface area contributed by atoms with Crippen molar-refractivity contribution in [1.29, 1.82) is 0 Å². The molecule has 29 heavy (non-hydrogen) atoms. The number of tetrazole rings is 1. The normalized spacial score (nSPS) is 11.5. The van der Waals surface area contributed by atoms with E-state index in [-0.39, 0.29) is 16.8 Å². The van der Waals surface area contributed by atoms with Gasteiger partial charge in [0.25, 0.3) is 21.9 Å². The number of rotatable bonds is 5. The maximum atomic E-state index is 12.7. The minimum absolute atomic E-state index is 0.0143. The summed E-state index contributed by atoms with van der Waals surface area (Å²) in [4.78, 5) is 12.6. The summed E-state index contributed by atoms with van der Waals surface area (Å²) in [6, 6.07) is 12.8. The quantitative estimate of drug-likeness (QED) is 0.444. The number of carbonyl (C=O) groups excluding carboxylic acids is 1. The van der Waals surface area contributed by atoms with E-state index in [2.05, 4.69) is 30.7 Å². The van der Waals surface area contributed by atoms with E-state index in [4.69, 9.17) is 11.6 Å². The fourth-order valence-electron chi connectivity index (χ4n) is 2.83. The first kappa shape index (κ1) is 18.9. The highest BCUT2D eigenvalue weighted by molar-refractivity contribution is 7.92. The highest BCUT2D eigenvalue weighted by Gasteiger charge is 2.17. The fraction of sp³-hybridized carbons (Fsp3) is 0.0588. The van der Waals surface area contributed by atoms with E-state index in [0.717, 1.165) is 10.9 Å². The van der Waals surface area contributed by atoms with Crippen LogP contribution in [0.25, 0.3) is 10.9 Å². The number of sulfonamides is 1. The van der Waals surface area contributed by atoms with Crippen molar-refractivity contribution in [1.82, 2.24) is 25.2 Å². The molecule has 0 aliphatic heterocycles. The molecule has 0 aliphatic rings. The van der Waals surface area contributed by atoms with Crippen LogP contribution in [0, 0.1) is 0 Å². The average molecular weight is 432 g/mol. The zero-order valence-corrected chi connectivity index (χ0v) is 16.5. The van der Waals surface area contributed by atoms with Crippen LogP contribution in [0.5, 0.6) is 0 Å². The lowest BCUT2D eigenvalue weighted by molar-refractivity contribution is 0.101. The second kappa shape index (κ2) is 7.18. The molecule has 3 N–H and O–H groups in total. The van der Waals surface area contributed by atoms with Gasteiger partial charge in [0.2, 0.25) is 0 Å². The number of benzene rings is 2. The molecule has 2 heterocycles. The van der Waals surface area contributed by atoms with E-state index in [9.17, 15) is 13.2 Å². The predicted molar refractivity (Wildman–Crippen MR) is 107 cm³/mol. The van der Waals surface area contributed by atoms with E-state index in [1.807, 2.05) is 6.07 Å². The minimum atomic E-state index is -3.87. The zero-order valence-electron chi connectivity index (χ0n) is 14.9. The number of nitrogens with one attached hydrogen (secondary N) is 3. The van der Waals surface area contributed by atoms with Gasteiger partial charge in [0.15, 0.2) is 0 Å². The molecule has 1 amide bonds. The predicted octanol–water partition coefficient (Wildman–Crippen LogP) is 2.40. The summed E-state index contributed by atoms with van der Waals surface area (Å²) in [6.45, 7) is 0. The highest BCUT2D eigenvalue weighted by atomic mass is 35.5. The van der Waals surface area contributed by atoms with Crippen LogP contribution in [-0.2, 0) is 17.1 Å². The van der Waals surface area contributed by atoms with Crippen molar-refractivity contribution in [3.63, 3.8) is 0 Å². The summed E-state index contributed by atoms with van der Waals surface area (Å²) in [5, 5.41) is 16.7. The van der Waals surface area contributed by atoms with Crippen LogP contribution < -0.4 is 10.0 Å². The number of carbonyl (C=O) groups is 1. The highest BCUT2D eigenvalue weighted by Crippen LogP contribution is 2.23. The van der Waals surface area contributed by atoms with Crippen molar-refractivity contribution in [3.8, 4) is 0 Å². The molecule has 0 unspecified atom stereocenters. The summed E-state index contributed by atoms with van der Waals surface area (Å²) in [5.74, 6) is -0.501. The maximum absolute atomic E-state index is 12.7. The van der Waals surface area contributed by atoms with Crippen LogP contribution in [0.4, 0.5) is 11.6 Å². The molecule has 0 bridgehead atoms. The Morgan fingerprint density at radius 2 is 1.90 bits per heavy atom. The van der Waals surface area contributed by atoms with Crippen molar-refractivity contribution >= 4 is 50.1 Å². The summed E-state index contributed by atoms with van der Waals surface area (Å²) in [6.07, 6.45) is 0. The minimum Gasteiger partial charge on any atom is -0.340 e. The van der Waals surface area contributed by atoms with Crippen LogP contribution in [0.1, 0.15) is 10.5 Å². The maximum Gasteiger partial charge on any atom is 0.276 e. The topological polar surface area (TPSA) is 135 Å². The SMILES string of the molecule is Cn1c(C(=O)Nc2ccc(S(=O)(=O)Nc3nn[nH]n3)cc2)cc2cc(Cl)ccc21. The molecule has 0 saturated heterocycles. The van der Waals surface area contributed by atoms with Gasteiger partial charge in [-0.1, -0.05) is 16.7 Å². The Bertz CT molecular complexity index is 1300. The summed E-state index contributed by atoms with van der Waals surface area (Å²) < 4.78 is 28.5. The van der Waals surface area contributed by atoms with Crippen LogP contribution in [0.15, 0.2) is 53.4 Å². The van der Waals surface area contributed by atoms with Gasteiger partial charge in [-0.2, -0.15) is 5.21 Å². The molecule has 148 valence electrons. The summed E-state index contributed by atoms with van der Waals surface area (Å²) in [5.41, 5.74) is 1.75. The van der Waals surface area contributed by atoms with Gasteiger partial charge >= 0.3 is 0 Å². The van der Waals surface area contributed by atoms with Gasteiger partial charge in [-0.3, -0.25) is 4.79 Å². The number of halogens is 1. The van der Waals surface area contributed by atoms with E-state index in [1.165, 1.54) is 24.3 Å². The van der Waals surface area contributed by atoms with Gasteiger partial charge < -0.3 is 9.88 Å². The number of hydrogen-bond donors (Lipinski definition) is 3. The number of aromatic amines is 1. The van der Waals surface area contributed by atoms with Crippen LogP contribution >= 0.6 is 11.6 Å². The first-order valence-electron chi connectivity index (χ1n) is 8.26. The van der Waals surface area contributed by atoms with Gasteiger partial charge in [0.05, 0.1) is 4.90 Å². The van der Waals surface area contributed by atoms with Crippen LogP contribution in [0.3, 0.4) is 0 Å². The molecule has 0 spiro atoms. The third kappa shape index (κ3) is 3.77. The number of hydrogen-bond acceptors (Lipinski definition) is 6. The van der Waals surface area contributed by atoms with Crippen molar-refractivity contribution in [2.45, 2.75) is 4.90 Å². The molecule has 0 radical (unpaired) electrons. The van der Waals surface area contributed by atoms with Crippen LogP contribution in [0.2, 0.25) is 5.02 Å². The number of anilines is 2. The van der Waals surface area contributed by atoms with Gasteiger partial charge in [0.1, 0.15) is 5.69 Å². The third-order valence-corrected chi connectivity index (χ3v) is 5.81. The second-order valence-corrected chi connectivity index (χ2v) is 8.23. The molecular formula is C17H14ClN7O3S. The molecule has 0 atom stereocenters. The number of aromatic nitrogens is 5. The van der Waals surface area contributed by atoms with Crippen LogP contribution in [-0.4, -0.2) is 39.5 Å². The Labute approximate surface area is 169 Å². The summed E-state index contributed by atoms with van der Waals surface area (Å²) >= 11 is 6.01.